The molecule has 1 atom stereocenters. The van der Waals surface area contributed by atoms with Crippen molar-refractivity contribution in [2.45, 2.75) is 26.4 Å². The van der Waals surface area contributed by atoms with Gasteiger partial charge < -0.3 is 15.3 Å². The number of pyridine rings is 1. The topological polar surface area (TPSA) is 72.2 Å². The molecule has 0 saturated heterocycles. The van der Waals surface area contributed by atoms with Gasteiger partial charge in [-0.25, -0.2) is 4.98 Å². The zero-order chi connectivity index (χ0) is 14.6. The third-order valence-corrected chi connectivity index (χ3v) is 2.75. The molecule has 1 aromatic rings. The Morgan fingerprint density at radius 1 is 1.47 bits per heavy atom. The molecule has 1 heterocycles. The van der Waals surface area contributed by atoms with Crippen LogP contribution >= 0.6 is 0 Å². The maximum atomic E-state index is 10.2. The highest BCUT2D eigenvalue weighted by Gasteiger charge is 2.22. The van der Waals surface area contributed by atoms with E-state index in [4.69, 9.17) is 5.26 Å². The standard InChI is InChI=1S/C14H22N4O/c1-10-6-11(2)17-13(12(10)7-15)16-8-14(3,19)9-18(4)5/h6,19H,8-9H2,1-5H3,(H,16,17). The van der Waals surface area contributed by atoms with Gasteiger partial charge in [-0.05, 0) is 46.5 Å². The predicted octanol–water partition coefficient (Wildman–Crippen LogP) is 1.29. The number of hydrogen-bond donors (Lipinski definition) is 2. The van der Waals surface area contributed by atoms with Gasteiger partial charge in [-0.15, -0.1) is 0 Å². The Morgan fingerprint density at radius 3 is 2.63 bits per heavy atom. The molecule has 0 aromatic carbocycles. The van der Waals surface area contributed by atoms with E-state index in [-0.39, 0.29) is 0 Å². The summed E-state index contributed by atoms with van der Waals surface area (Å²) in [4.78, 5) is 6.25. The molecule has 1 unspecified atom stereocenters. The minimum Gasteiger partial charge on any atom is -0.387 e. The van der Waals surface area contributed by atoms with E-state index < -0.39 is 5.60 Å². The molecule has 0 aliphatic carbocycles. The zero-order valence-electron chi connectivity index (χ0n) is 12.3. The molecule has 0 aliphatic rings. The molecule has 19 heavy (non-hydrogen) atoms. The highest BCUT2D eigenvalue weighted by Crippen LogP contribution is 2.18. The van der Waals surface area contributed by atoms with Crippen LogP contribution in [-0.2, 0) is 0 Å². The van der Waals surface area contributed by atoms with Crippen molar-refractivity contribution >= 4 is 5.82 Å². The Hall–Kier alpha value is -1.64. The fourth-order valence-electron chi connectivity index (χ4n) is 2.12. The van der Waals surface area contributed by atoms with Gasteiger partial charge >= 0.3 is 0 Å². The number of nitrogens with zero attached hydrogens (tertiary/aromatic N) is 3. The van der Waals surface area contributed by atoms with Gasteiger partial charge in [0.15, 0.2) is 0 Å². The summed E-state index contributed by atoms with van der Waals surface area (Å²) >= 11 is 0. The van der Waals surface area contributed by atoms with E-state index >= 15 is 0 Å². The van der Waals surface area contributed by atoms with Gasteiger partial charge in [0.25, 0.3) is 0 Å². The van der Waals surface area contributed by atoms with E-state index in [9.17, 15) is 5.11 Å². The normalized spacial score (nSPS) is 14.0. The number of aromatic nitrogens is 1. The van der Waals surface area contributed by atoms with Crippen molar-refractivity contribution in [3.8, 4) is 6.07 Å². The Labute approximate surface area is 114 Å². The van der Waals surface area contributed by atoms with E-state index in [1.165, 1.54) is 0 Å². The summed E-state index contributed by atoms with van der Waals surface area (Å²) in [5.41, 5.74) is 1.40. The average molecular weight is 262 g/mol. The van der Waals surface area contributed by atoms with Crippen molar-refractivity contribution in [2.75, 3.05) is 32.5 Å². The van der Waals surface area contributed by atoms with Crippen molar-refractivity contribution < 1.29 is 5.11 Å². The monoisotopic (exact) mass is 262 g/mol. The summed E-state index contributed by atoms with van der Waals surface area (Å²) in [5, 5.41) is 22.5. The Morgan fingerprint density at radius 2 is 2.11 bits per heavy atom. The van der Waals surface area contributed by atoms with Crippen molar-refractivity contribution in [3.63, 3.8) is 0 Å². The molecule has 0 fully saturated rings. The SMILES string of the molecule is Cc1cc(C)c(C#N)c(NCC(C)(O)CN(C)C)n1. The van der Waals surface area contributed by atoms with E-state index in [2.05, 4.69) is 16.4 Å². The fourth-order valence-corrected chi connectivity index (χ4v) is 2.12. The lowest BCUT2D eigenvalue weighted by atomic mass is 10.1. The van der Waals surface area contributed by atoms with E-state index in [1.54, 1.807) is 6.92 Å². The van der Waals surface area contributed by atoms with Crippen LogP contribution in [0.5, 0.6) is 0 Å². The first-order chi connectivity index (χ1) is 8.75. The van der Waals surface area contributed by atoms with Crippen LogP contribution in [0.15, 0.2) is 6.07 Å². The predicted molar refractivity (Wildman–Crippen MR) is 76.1 cm³/mol. The van der Waals surface area contributed by atoms with Crippen LogP contribution in [-0.4, -0.2) is 47.8 Å². The molecule has 104 valence electrons. The largest absolute Gasteiger partial charge is 0.387 e. The number of rotatable bonds is 5. The lowest BCUT2D eigenvalue weighted by Gasteiger charge is -2.27. The Kier molecular flexibility index (Phi) is 4.87. The maximum absolute atomic E-state index is 10.2. The van der Waals surface area contributed by atoms with Crippen LogP contribution in [0.2, 0.25) is 0 Å². The average Bonchev–Trinajstić information content (AvgIpc) is 2.24. The van der Waals surface area contributed by atoms with Crippen molar-refractivity contribution in [3.05, 3.63) is 22.9 Å². The summed E-state index contributed by atoms with van der Waals surface area (Å²) in [7, 11) is 3.81. The quantitative estimate of drug-likeness (QED) is 0.836. The van der Waals surface area contributed by atoms with E-state index in [1.807, 2.05) is 38.9 Å². The molecular formula is C14H22N4O. The van der Waals surface area contributed by atoms with Gasteiger partial charge in [-0.2, -0.15) is 5.26 Å². The van der Waals surface area contributed by atoms with Crippen molar-refractivity contribution in [2.24, 2.45) is 0 Å². The molecule has 5 heteroatoms. The minimum atomic E-state index is -0.879. The molecule has 0 spiro atoms. The summed E-state index contributed by atoms with van der Waals surface area (Å²) < 4.78 is 0. The number of nitrogens with one attached hydrogen (secondary N) is 1. The molecule has 0 bridgehead atoms. The molecule has 1 rings (SSSR count). The van der Waals surface area contributed by atoms with Crippen molar-refractivity contribution in [1.29, 1.82) is 5.26 Å². The Balaban J connectivity index is 2.86. The molecule has 0 aliphatic heterocycles. The number of anilines is 1. The van der Waals surface area contributed by atoms with Crippen molar-refractivity contribution in [1.82, 2.24) is 9.88 Å². The first kappa shape index (κ1) is 15.4. The van der Waals surface area contributed by atoms with Gasteiger partial charge in [0.2, 0.25) is 0 Å². The first-order valence-corrected chi connectivity index (χ1v) is 6.24. The van der Waals surface area contributed by atoms with Gasteiger partial charge in [0.1, 0.15) is 11.9 Å². The molecule has 0 radical (unpaired) electrons. The first-order valence-electron chi connectivity index (χ1n) is 6.24. The van der Waals surface area contributed by atoms with Crippen LogP contribution < -0.4 is 5.32 Å². The second-order valence-corrected chi connectivity index (χ2v) is 5.50. The molecule has 0 amide bonds. The van der Waals surface area contributed by atoms with Crippen LogP contribution in [0.1, 0.15) is 23.7 Å². The second kappa shape index (κ2) is 6.00. The van der Waals surface area contributed by atoms with Gasteiger partial charge in [-0.3, -0.25) is 0 Å². The third kappa shape index (κ3) is 4.51. The van der Waals surface area contributed by atoms with Crippen LogP contribution in [0.3, 0.4) is 0 Å². The van der Waals surface area contributed by atoms with Gasteiger partial charge in [0.05, 0.1) is 11.2 Å². The minimum absolute atomic E-state index is 0.343. The van der Waals surface area contributed by atoms with Crippen LogP contribution in [0.4, 0.5) is 5.82 Å². The molecular weight excluding hydrogens is 240 g/mol. The Bertz CT molecular complexity index is 489. The van der Waals surface area contributed by atoms with Crippen LogP contribution in [0, 0.1) is 25.2 Å². The number of nitriles is 1. The molecule has 0 saturated carbocycles. The smallest absolute Gasteiger partial charge is 0.144 e. The summed E-state index contributed by atoms with van der Waals surface area (Å²) in [6, 6.07) is 4.03. The zero-order valence-corrected chi connectivity index (χ0v) is 12.3. The lowest BCUT2D eigenvalue weighted by Crippen LogP contribution is -2.43. The molecule has 5 nitrogen and oxygen atoms in total. The highest BCUT2D eigenvalue weighted by molar-refractivity contribution is 5.56. The number of hydrogen-bond acceptors (Lipinski definition) is 5. The second-order valence-electron chi connectivity index (χ2n) is 5.50. The molecule has 1 aromatic heterocycles. The summed E-state index contributed by atoms with van der Waals surface area (Å²) in [6.45, 7) is 6.41. The van der Waals surface area contributed by atoms with E-state index in [0.29, 0.717) is 24.5 Å². The van der Waals surface area contributed by atoms with Gasteiger partial charge in [-0.1, -0.05) is 0 Å². The lowest BCUT2D eigenvalue weighted by molar-refractivity contribution is 0.0459. The third-order valence-electron chi connectivity index (χ3n) is 2.75. The number of aryl methyl sites for hydroxylation is 2. The maximum Gasteiger partial charge on any atom is 0.144 e. The highest BCUT2D eigenvalue weighted by atomic mass is 16.3. The fraction of sp³-hybridized carbons (Fsp3) is 0.571. The summed E-state index contributed by atoms with van der Waals surface area (Å²) in [5.74, 6) is 0.541. The number of aliphatic hydroxyl groups is 1. The van der Waals surface area contributed by atoms with Gasteiger partial charge in [0, 0.05) is 18.8 Å². The van der Waals surface area contributed by atoms with Crippen LogP contribution in [0.25, 0.3) is 0 Å². The summed E-state index contributed by atoms with van der Waals surface area (Å²) in [6.07, 6.45) is 0. The van der Waals surface area contributed by atoms with E-state index in [0.717, 1.165) is 11.3 Å². The number of likely N-dealkylation sites (N-methyl/N-ethyl adjacent to an activating group) is 1. The molecule has 2 N–H and O–H groups in total.